The van der Waals surface area contributed by atoms with Gasteiger partial charge >= 0.3 is 11.9 Å². The molecule has 1 saturated heterocycles. The number of hydrogen-bond donors (Lipinski definition) is 2. The number of carbonyl (C=O) groups is 2. The highest BCUT2D eigenvalue weighted by Gasteiger charge is 2.34. The Morgan fingerprint density at radius 1 is 1.58 bits per heavy atom. The van der Waals surface area contributed by atoms with Gasteiger partial charge in [0.05, 0.1) is 0 Å². The van der Waals surface area contributed by atoms with Gasteiger partial charge in [-0.25, -0.2) is 0 Å². The van der Waals surface area contributed by atoms with E-state index in [1.807, 2.05) is 4.90 Å². The number of carboxylic acids is 1. The van der Waals surface area contributed by atoms with Gasteiger partial charge in [-0.2, -0.15) is 0 Å². The van der Waals surface area contributed by atoms with E-state index in [0.29, 0.717) is 6.54 Å². The summed E-state index contributed by atoms with van der Waals surface area (Å²) in [5.41, 5.74) is 5.65. The third-order valence-electron chi connectivity index (χ3n) is 3.36. The number of esters is 1. The van der Waals surface area contributed by atoms with Gasteiger partial charge in [-0.1, -0.05) is 12.7 Å². The first kappa shape index (κ1) is 15.7. The van der Waals surface area contributed by atoms with Crippen molar-refractivity contribution in [2.45, 2.75) is 37.8 Å². The Morgan fingerprint density at radius 3 is 2.89 bits per heavy atom. The Hall–Kier alpha value is -1.40. The van der Waals surface area contributed by atoms with Gasteiger partial charge in [-0.3, -0.25) is 14.5 Å². The molecule has 0 spiro atoms. The number of rotatable bonds is 8. The lowest BCUT2D eigenvalue weighted by molar-refractivity contribution is -0.146. The normalized spacial score (nSPS) is 21.0. The first-order chi connectivity index (χ1) is 9.10. The van der Waals surface area contributed by atoms with Crippen LogP contribution in [-0.2, 0) is 14.3 Å². The van der Waals surface area contributed by atoms with Crippen LogP contribution >= 0.6 is 0 Å². The molecular weight excluding hydrogens is 248 g/mol. The van der Waals surface area contributed by atoms with Crippen LogP contribution in [0.4, 0.5) is 0 Å². The predicted octanol–water partition coefficient (Wildman–Crippen LogP) is 0.372. The van der Waals surface area contributed by atoms with Crippen molar-refractivity contribution < 1.29 is 19.4 Å². The summed E-state index contributed by atoms with van der Waals surface area (Å²) in [5.74, 6) is -1.30. The van der Waals surface area contributed by atoms with Gasteiger partial charge < -0.3 is 15.6 Å². The number of carbonyl (C=O) groups excluding carboxylic acids is 1. The Kier molecular flexibility index (Phi) is 6.52. The number of nitrogens with zero attached hydrogens (tertiary/aromatic N) is 1. The molecule has 3 N–H and O–H groups in total. The molecule has 1 aliphatic heterocycles. The summed E-state index contributed by atoms with van der Waals surface area (Å²) in [6.45, 7) is 4.78. The van der Waals surface area contributed by atoms with Crippen molar-refractivity contribution in [3.8, 4) is 0 Å². The highest BCUT2D eigenvalue weighted by Crippen LogP contribution is 2.22. The highest BCUT2D eigenvalue weighted by atomic mass is 16.5. The summed E-state index contributed by atoms with van der Waals surface area (Å²) >= 11 is 0. The van der Waals surface area contributed by atoms with E-state index in [-0.39, 0.29) is 25.5 Å². The number of likely N-dealkylation sites (tertiary alicyclic amines) is 1. The molecule has 0 unspecified atom stereocenters. The monoisotopic (exact) mass is 270 g/mol. The largest absolute Gasteiger partial charge is 0.480 e. The lowest BCUT2D eigenvalue weighted by Gasteiger charge is -2.29. The average Bonchev–Trinajstić information content (AvgIpc) is 2.84. The van der Waals surface area contributed by atoms with Crippen LogP contribution in [0.25, 0.3) is 0 Å². The van der Waals surface area contributed by atoms with E-state index in [4.69, 9.17) is 10.5 Å². The second kappa shape index (κ2) is 7.91. The lowest BCUT2D eigenvalue weighted by atomic mass is 10.1. The number of aliphatic carboxylic acids is 1. The van der Waals surface area contributed by atoms with Crippen LogP contribution in [0.5, 0.6) is 0 Å². The first-order valence-corrected chi connectivity index (χ1v) is 6.55. The van der Waals surface area contributed by atoms with Crippen molar-refractivity contribution in [1.82, 2.24) is 4.90 Å². The van der Waals surface area contributed by atoms with E-state index < -0.39 is 18.0 Å². The summed E-state index contributed by atoms with van der Waals surface area (Å²) in [4.78, 5) is 24.6. The first-order valence-electron chi connectivity index (χ1n) is 6.55. The molecule has 2 atom stereocenters. The van der Waals surface area contributed by atoms with E-state index in [1.165, 1.54) is 6.08 Å². The number of hydrogen-bond acceptors (Lipinski definition) is 5. The van der Waals surface area contributed by atoms with E-state index >= 15 is 0 Å². The molecule has 6 heteroatoms. The fourth-order valence-electron chi connectivity index (χ4n) is 2.43. The lowest BCUT2D eigenvalue weighted by Crippen LogP contribution is -2.47. The Bertz CT molecular complexity index is 333. The zero-order valence-corrected chi connectivity index (χ0v) is 11.1. The third-order valence-corrected chi connectivity index (χ3v) is 3.36. The van der Waals surface area contributed by atoms with Crippen LogP contribution in [0.15, 0.2) is 12.7 Å². The van der Waals surface area contributed by atoms with Crippen molar-refractivity contribution in [2.75, 3.05) is 19.7 Å². The van der Waals surface area contributed by atoms with Crippen molar-refractivity contribution in [2.24, 2.45) is 5.73 Å². The Balaban J connectivity index is 2.51. The van der Waals surface area contributed by atoms with Crippen molar-refractivity contribution >= 4 is 11.9 Å². The smallest absolute Gasteiger partial charge is 0.320 e. The highest BCUT2D eigenvalue weighted by molar-refractivity contribution is 5.75. The zero-order chi connectivity index (χ0) is 14.3. The minimum absolute atomic E-state index is 0.0958. The molecule has 1 heterocycles. The SMILES string of the molecule is C=CCOC(=O)CC[C@H](C(=O)O)N1CCC[C@H]1CN. The van der Waals surface area contributed by atoms with Gasteiger partial charge in [0.2, 0.25) is 0 Å². The molecule has 0 aliphatic carbocycles. The van der Waals surface area contributed by atoms with Crippen molar-refractivity contribution in [1.29, 1.82) is 0 Å². The second-order valence-corrected chi connectivity index (χ2v) is 4.63. The number of nitrogens with two attached hydrogens (primary N) is 1. The summed E-state index contributed by atoms with van der Waals surface area (Å²) in [6, 6.07) is -0.558. The summed E-state index contributed by atoms with van der Waals surface area (Å²) in [5, 5.41) is 9.29. The van der Waals surface area contributed by atoms with Gasteiger partial charge in [0, 0.05) is 19.0 Å². The zero-order valence-electron chi connectivity index (χ0n) is 11.1. The van der Waals surface area contributed by atoms with Crippen LogP contribution in [-0.4, -0.2) is 53.7 Å². The minimum Gasteiger partial charge on any atom is -0.480 e. The van der Waals surface area contributed by atoms with Gasteiger partial charge in [0.15, 0.2) is 0 Å². The van der Waals surface area contributed by atoms with Gasteiger partial charge in [0.25, 0.3) is 0 Å². The molecule has 0 amide bonds. The molecule has 0 bridgehead atoms. The van der Waals surface area contributed by atoms with Crippen molar-refractivity contribution in [3.05, 3.63) is 12.7 Å². The Labute approximate surface area is 113 Å². The molecule has 1 rings (SSSR count). The molecular formula is C13H22N2O4. The fourth-order valence-corrected chi connectivity index (χ4v) is 2.43. The van der Waals surface area contributed by atoms with E-state index in [2.05, 4.69) is 6.58 Å². The molecule has 0 aromatic rings. The van der Waals surface area contributed by atoms with E-state index in [0.717, 1.165) is 19.4 Å². The van der Waals surface area contributed by atoms with Crippen LogP contribution in [0.2, 0.25) is 0 Å². The topological polar surface area (TPSA) is 92.9 Å². The van der Waals surface area contributed by atoms with E-state index in [9.17, 15) is 14.7 Å². The molecule has 19 heavy (non-hydrogen) atoms. The van der Waals surface area contributed by atoms with Crippen LogP contribution in [0.3, 0.4) is 0 Å². The summed E-state index contributed by atoms with van der Waals surface area (Å²) < 4.78 is 4.84. The number of carboxylic acid groups (broad SMARTS) is 1. The molecule has 0 radical (unpaired) electrons. The molecule has 1 fully saturated rings. The van der Waals surface area contributed by atoms with Crippen LogP contribution < -0.4 is 5.73 Å². The second-order valence-electron chi connectivity index (χ2n) is 4.63. The Morgan fingerprint density at radius 2 is 2.32 bits per heavy atom. The van der Waals surface area contributed by atoms with E-state index in [1.54, 1.807) is 0 Å². The average molecular weight is 270 g/mol. The summed E-state index contributed by atoms with van der Waals surface area (Å²) in [6.07, 6.45) is 3.70. The third kappa shape index (κ3) is 4.65. The van der Waals surface area contributed by atoms with Gasteiger partial charge in [-0.15, -0.1) is 0 Å². The maximum absolute atomic E-state index is 11.4. The van der Waals surface area contributed by atoms with Gasteiger partial charge in [-0.05, 0) is 25.8 Å². The molecule has 0 aromatic heterocycles. The molecule has 1 aliphatic rings. The minimum atomic E-state index is -0.906. The maximum Gasteiger partial charge on any atom is 0.320 e. The van der Waals surface area contributed by atoms with Crippen LogP contribution in [0, 0.1) is 0 Å². The fraction of sp³-hybridized carbons (Fsp3) is 0.692. The summed E-state index contributed by atoms with van der Waals surface area (Å²) in [7, 11) is 0. The van der Waals surface area contributed by atoms with Crippen LogP contribution in [0.1, 0.15) is 25.7 Å². The predicted molar refractivity (Wildman–Crippen MR) is 70.6 cm³/mol. The molecule has 0 saturated carbocycles. The quantitative estimate of drug-likeness (QED) is 0.489. The van der Waals surface area contributed by atoms with Crippen molar-refractivity contribution in [3.63, 3.8) is 0 Å². The standard InChI is InChI=1S/C13H22N2O4/c1-2-8-19-12(16)6-5-11(13(17)18)15-7-3-4-10(15)9-14/h2,10-11H,1,3-9,14H2,(H,17,18)/t10-,11+/m0/s1. The molecule has 108 valence electrons. The van der Waals surface area contributed by atoms with Gasteiger partial charge in [0.1, 0.15) is 12.6 Å². The number of ether oxygens (including phenoxy) is 1. The molecule has 0 aromatic carbocycles. The maximum atomic E-state index is 11.4. The molecule has 6 nitrogen and oxygen atoms in total.